The molecule has 0 heterocycles. The molecule has 6 heteroatoms. The summed E-state index contributed by atoms with van der Waals surface area (Å²) in [5.41, 5.74) is 1.75. The molecule has 0 radical (unpaired) electrons. The first kappa shape index (κ1) is 15.4. The highest BCUT2D eigenvalue weighted by molar-refractivity contribution is 6.44. The van der Waals surface area contributed by atoms with Crippen LogP contribution in [-0.4, -0.2) is 11.8 Å². The Kier molecular flexibility index (Phi) is 4.83. The Hall–Kier alpha value is -2.04. The first-order chi connectivity index (χ1) is 9.95. The van der Waals surface area contributed by atoms with Gasteiger partial charge >= 0.3 is 11.8 Å². The molecule has 2 N–H and O–H groups in total. The standard InChI is InChI=1S/C15H12Cl2N2O2/c1-9-5-6-11(17)8-13(9)19-15(21)14(20)18-12-4-2-3-10(16)7-12/h2-8H,1H3,(H,18,20)(H,19,21). The van der Waals surface area contributed by atoms with Gasteiger partial charge in [-0.2, -0.15) is 0 Å². The van der Waals surface area contributed by atoms with Gasteiger partial charge in [0, 0.05) is 21.4 Å². The van der Waals surface area contributed by atoms with Crippen molar-refractivity contribution < 1.29 is 9.59 Å². The fraction of sp³-hybridized carbons (Fsp3) is 0.0667. The van der Waals surface area contributed by atoms with Gasteiger partial charge in [-0.15, -0.1) is 0 Å². The monoisotopic (exact) mass is 322 g/mol. The molecule has 2 rings (SSSR count). The average Bonchev–Trinajstić information content (AvgIpc) is 2.43. The third kappa shape index (κ3) is 4.21. The molecule has 0 spiro atoms. The molecule has 21 heavy (non-hydrogen) atoms. The van der Waals surface area contributed by atoms with E-state index < -0.39 is 11.8 Å². The van der Waals surface area contributed by atoms with E-state index in [-0.39, 0.29) is 0 Å². The van der Waals surface area contributed by atoms with Gasteiger partial charge in [0.25, 0.3) is 0 Å². The third-order valence-corrected chi connectivity index (χ3v) is 3.21. The van der Waals surface area contributed by atoms with Crippen LogP contribution in [-0.2, 0) is 9.59 Å². The van der Waals surface area contributed by atoms with E-state index in [0.29, 0.717) is 21.4 Å². The van der Waals surface area contributed by atoms with Gasteiger partial charge in [-0.05, 0) is 42.8 Å². The largest absolute Gasteiger partial charge is 0.318 e. The van der Waals surface area contributed by atoms with Crippen LogP contribution in [0.25, 0.3) is 0 Å². The molecule has 0 saturated heterocycles. The SMILES string of the molecule is Cc1ccc(Cl)cc1NC(=O)C(=O)Nc1cccc(Cl)c1. The minimum atomic E-state index is -0.781. The minimum absolute atomic E-state index is 0.450. The van der Waals surface area contributed by atoms with Gasteiger partial charge in [-0.3, -0.25) is 9.59 Å². The van der Waals surface area contributed by atoms with Crippen LogP contribution in [0.1, 0.15) is 5.56 Å². The first-order valence-corrected chi connectivity index (χ1v) is 6.85. The number of halogens is 2. The summed E-state index contributed by atoms with van der Waals surface area (Å²) in [7, 11) is 0. The van der Waals surface area contributed by atoms with Gasteiger partial charge in [0.15, 0.2) is 0 Å². The van der Waals surface area contributed by atoms with Crippen molar-refractivity contribution >= 4 is 46.4 Å². The Bertz CT molecular complexity index is 702. The number of benzene rings is 2. The molecule has 0 aromatic heterocycles. The molecule has 2 amide bonds. The number of hydrogen-bond acceptors (Lipinski definition) is 2. The van der Waals surface area contributed by atoms with E-state index in [9.17, 15) is 9.59 Å². The maximum atomic E-state index is 11.9. The van der Waals surface area contributed by atoms with E-state index in [1.54, 1.807) is 49.4 Å². The maximum Gasteiger partial charge on any atom is 0.314 e. The summed E-state index contributed by atoms with van der Waals surface area (Å²) in [5.74, 6) is -1.56. The van der Waals surface area contributed by atoms with Crippen molar-refractivity contribution in [2.24, 2.45) is 0 Å². The minimum Gasteiger partial charge on any atom is -0.318 e. The second kappa shape index (κ2) is 6.61. The van der Waals surface area contributed by atoms with Crippen molar-refractivity contribution in [3.05, 3.63) is 58.1 Å². The van der Waals surface area contributed by atoms with E-state index >= 15 is 0 Å². The maximum absolute atomic E-state index is 11.9. The van der Waals surface area contributed by atoms with Crippen molar-refractivity contribution in [3.8, 4) is 0 Å². The van der Waals surface area contributed by atoms with E-state index in [1.165, 1.54) is 0 Å². The fourth-order valence-electron chi connectivity index (χ4n) is 1.66. The first-order valence-electron chi connectivity index (χ1n) is 6.10. The van der Waals surface area contributed by atoms with Gasteiger partial charge in [0.2, 0.25) is 0 Å². The van der Waals surface area contributed by atoms with Gasteiger partial charge in [0.1, 0.15) is 0 Å². The molecule has 0 aliphatic rings. The lowest BCUT2D eigenvalue weighted by Crippen LogP contribution is -2.29. The van der Waals surface area contributed by atoms with E-state index in [0.717, 1.165) is 5.56 Å². The lowest BCUT2D eigenvalue weighted by molar-refractivity contribution is -0.133. The van der Waals surface area contributed by atoms with Gasteiger partial charge in [-0.25, -0.2) is 0 Å². The molecule has 0 aliphatic heterocycles. The van der Waals surface area contributed by atoms with Gasteiger partial charge in [0.05, 0.1) is 0 Å². The van der Waals surface area contributed by atoms with E-state index in [1.807, 2.05) is 0 Å². The predicted octanol–water partition coefficient (Wildman–Crippen LogP) is 3.88. The Labute approximate surface area is 132 Å². The molecule has 108 valence electrons. The van der Waals surface area contributed by atoms with Gasteiger partial charge in [-0.1, -0.05) is 35.3 Å². The molecular formula is C15H12Cl2N2O2. The summed E-state index contributed by atoms with van der Waals surface area (Å²) in [6.07, 6.45) is 0. The van der Waals surface area contributed by atoms with Crippen molar-refractivity contribution in [2.45, 2.75) is 6.92 Å². The number of aryl methyl sites for hydroxylation is 1. The molecule has 0 saturated carbocycles. The quantitative estimate of drug-likeness (QED) is 0.824. The lowest BCUT2D eigenvalue weighted by Gasteiger charge is -2.09. The number of anilines is 2. The zero-order valence-electron chi connectivity index (χ0n) is 11.1. The van der Waals surface area contributed by atoms with Crippen LogP contribution in [0.4, 0.5) is 11.4 Å². The van der Waals surface area contributed by atoms with E-state index in [4.69, 9.17) is 23.2 Å². The Morgan fingerprint density at radius 3 is 2.29 bits per heavy atom. The van der Waals surface area contributed by atoms with Crippen LogP contribution in [0, 0.1) is 6.92 Å². The highest BCUT2D eigenvalue weighted by atomic mass is 35.5. The summed E-state index contributed by atoms with van der Waals surface area (Å²) in [6, 6.07) is 11.6. The van der Waals surface area contributed by atoms with Crippen molar-refractivity contribution in [1.82, 2.24) is 0 Å². The molecule has 4 nitrogen and oxygen atoms in total. The summed E-state index contributed by atoms with van der Waals surface area (Å²) in [5, 5.41) is 5.93. The lowest BCUT2D eigenvalue weighted by atomic mass is 10.2. The third-order valence-electron chi connectivity index (χ3n) is 2.74. The summed E-state index contributed by atoms with van der Waals surface area (Å²) < 4.78 is 0. The molecule has 0 aliphatic carbocycles. The van der Waals surface area contributed by atoms with Crippen LogP contribution >= 0.6 is 23.2 Å². The average molecular weight is 323 g/mol. The number of carbonyl (C=O) groups is 2. The predicted molar refractivity (Wildman–Crippen MR) is 84.9 cm³/mol. The number of amides is 2. The van der Waals surface area contributed by atoms with Crippen molar-refractivity contribution in [2.75, 3.05) is 10.6 Å². The number of carbonyl (C=O) groups excluding carboxylic acids is 2. The van der Waals surface area contributed by atoms with Crippen LogP contribution in [0.2, 0.25) is 10.0 Å². The van der Waals surface area contributed by atoms with Crippen LogP contribution in [0.3, 0.4) is 0 Å². The zero-order valence-corrected chi connectivity index (χ0v) is 12.6. The second-order valence-electron chi connectivity index (χ2n) is 4.38. The Morgan fingerprint density at radius 2 is 1.57 bits per heavy atom. The van der Waals surface area contributed by atoms with E-state index in [2.05, 4.69) is 10.6 Å². The highest BCUT2D eigenvalue weighted by Crippen LogP contribution is 2.20. The van der Waals surface area contributed by atoms with Crippen LogP contribution in [0.15, 0.2) is 42.5 Å². The molecule has 2 aromatic carbocycles. The number of rotatable bonds is 2. The van der Waals surface area contributed by atoms with Gasteiger partial charge < -0.3 is 10.6 Å². The molecule has 0 unspecified atom stereocenters. The zero-order chi connectivity index (χ0) is 15.4. The molecule has 2 aromatic rings. The molecule has 0 fully saturated rings. The Morgan fingerprint density at radius 1 is 0.905 bits per heavy atom. The summed E-state index contributed by atoms with van der Waals surface area (Å²) >= 11 is 11.7. The highest BCUT2D eigenvalue weighted by Gasteiger charge is 2.15. The summed E-state index contributed by atoms with van der Waals surface area (Å²) in [4.78, 5) is 23.7. The Balaban J connectivity index is 2.06. The number of hydrogen-bond donors (Lipinski definition) is 2. The fourth-order valence-corrected chi connectivity index (χ4v) is 2.02. The topological polar surface area (TPSA) is 58.2 Å². The summed E-state index contributed by atoms with van der Waals surface area (Å²) in [6.45, 7) is 1.81. The smallest absolute Gasteiger partial charge is 0.314 e. The molecule has 0 bridgehead atoms. The molecular weight excluding hydrogens is 311 g/mol. The van der Waals surface area contributed by atoms with Crippen molar-refractivity contribution in [1.29, 1.82) is 0 Å². The number of nitrogens with one attached hydrogen (secondary N) is 2. The second-order valence-corrected chi connectivity index (χ2v) is 5.25. The van der Waals surface area contributed by atoms with Crippen LogP contribution in [0.5, 0.6) is 0 Å². The normalized spacial score (nSPS) is 10.0. The van der Waals surface area contributed by atoms with Crippen molar-refractivity contribution in [3.63, 3.8) is 0 Å². The van der Waals surface area contributed by atoms with Crippen LogP contribution < -0.4 is 10.6 Å². The molecule has 0 atom stereocenters.